The molecule has 0 bridgehead atoms. The summed E-state index contributed by atoms with van der Waals surface area (Å²) in [6.45, 7) is 1.46. The summed E-state index contributed by atoms with van der Waals surface area (Å²) < 4.78 is 13.2. The van der Waals surface area contributed by atoms with Gasteiger partial charge >= 0.3 is 0 Å². The number of tetrazole rings is 1. The van der Waals surface area contributed by atoms with E-state index in [1.54, 1.807) is 4.68 Å². The Labute approximate surface area is 106 Å². The van der Waals surface area contributed by atoms with Crippen molar-refractivity contribution in [1.29, 1.82) is 0 Å². The van der Waals surface area contributed by atoms with E-state index >= 15 is 0 Å². The number of aryl methyl sites for hydroxylation is 1. The third-order valence-electron chi connectivity index (χ3n) is 3.99. The first-order chi connectivity index (χ1) is 8.70. The third-order valence-corrected chi connectivity index (χ3v) is 3.99. The molecule has 1 aromatic heterocycles. The van der Waals surface area contributed by atoms with Crippen molar-refractivity contribution in [2.45, 2.75) is 37.5 Å². The largest absolute Gasteiger partial charge is 0.348 e. The van der Waals surface area contributed by atoms with Crippen LogP contribution in [0.15, 0.2) is 0 Å². The standard InChI is InChI=1S/C11H19N5O2/c1-15(10-12-13-14-16(10)2)9-3-5-11(6-4-9)17-7-8-18-11/h9H,3-8H2,1-2H3. The van der Waals surface area contributed by atoms with Gasteiger partial charge in [0.15, 0.2) is 5.79 Å². The molecule has 0 aromatic carbocycles. The van der Waals surface area contributed by atoms with E-state index in [1.807, 2.05) is 14.1 Å². The third kappa shape index (κ3) is 1.97. The van der Waals surface area contributed by atoms with Crippen molar-refractivity contribution < 1.29 is 9.47 Å². The number of nitrogens with zero attached hydrogens (tertiary/aromatic N) is 5. The Balaban J connectivity index is 1.64. The molecule has 0 amide bonds. The summed E-state index contributed by atoms with van der Waals surface area (Å²) in [6, 6.07) is 0.452. The van der Waals surface area contributed by atoms with E-state index in [1.165, 1.54) is 0 Å². The first-order valence-electron chi connectivity index (χ1n) is 6.43. The molecule has 0 unspecified atom stereocenters. The van der Waals surface area contributed by atoms with Gasteiger partial charge in [0.1, 0.15) is 0 Å². The van der Waals surface area contributed by atoms with E-state index in [0.29, 0.717) is 6.04 Å². The zero-order valence-corrected chi connectivity index (χ0v) is 10.9. The molecule has 1 saturated carbocycles. The lowest BCUT2D eigenvalue weighted by molar-refractivity contribution is -0.178. The maximum Gasteiger partial charge on any atom is 0.245 e. The normalized spacial score (nSPS) is 23.7. The first kappa shape index (κ1) is 11.9. The lowest BCUT2D eigenvalue weighted by Gasteiger charge is -2.38. The zero-order chi connectivity index (χ0) is 12.6. The minimum Gasteiger partial charge on any atom is -0.348 e. The van der Waals surface area contributed by atoms with Crippen LogP contribution in [-0.2, 0) is 16.5 Å². The highest BCUT2D eigenvalue weighted by molar-refractivity contribution is 5.28. The summed E-state index contributed by atoms with van der Waals surface area (Å²) in [7, 11) is 3.91. The summed E-state index contributed by atoms with van der Waals surface area (Å²) in [5.41, 5.74) is 0. The molecule has 0 radical (unpaired) electrons. The Kier molecular flexibility index (Phi) is 2.95. The van der Waals surface area contributed by atoms with Crippen LogP contribution < -0.4 is 4.90 Å². The van der Waals surface area contributed by atoms with Crippen LogP contribution in [-0.4, -0.2) is 52.3 Å². The van der Waals surface area contributed by atoms with E-state index in [0.717, 1.165) is 44.8 Å². The van der Waals surface area contributed by atoms with Crippen LogP contribution in [0, 0.1) is 0 Å². The lowest BCUT2D eigenvalue weighted by atomic mass is 9.89. The number of ether oxygens (including phenoxy) is 2. The summed E-state index contributed by atoms with van der Waals surface area (Å²) in [5, 5.41) is 11.6. The highest BCUT2D eigenvalue weighted by Crippen LogP contribution is 2.37. The molecule has 7 nitrogen and oxygen atoms in total. The molecular formula is C11H19N5O2. The van der Waals surface area contributed by atoms with Gasteiger partial charge < -0.3 is 14.4 Å². The lowest BCUT2D eigenvalue weighted by Crippen LogP contribution is -2.43. The monoisotopic (exact) mass is 253 g/mol. The topological polar surface area (TPSA) is 65.3 Å². The molecule has 2 heterocycles. The Morgan fingerprint density at radius 2 is 1.94 bits per heavy atom. The maximum absolute atomic E-state index is 5.74. The second-order valence-corrected chi connectivity index (χ2v) is 5.05. The van der Waals surface area contributed by atoms with Crippen LogP contribution >= 0.6 is 0 Å². The Hall–Kier alpha value is -1.21. The minimum absolute atomic E-state index is 0.296. The summed E-state index contributed by atoms with van der Waals surface area (Å²) in [4.78, 5) is 2.15. The number of anilines is 1. The Morgan fingerprint density at radius 3 is 2.50 bits per heavy atom. The fourth-order valence-corrected chi connectivity index (χ4v) is 2.90. The van der Waals surface area contributed by atoms with Crippen molar-refractivity contribution in [2.75, 3.05) is 25.2 Å². The van der Waals surface area contributed by atoms with Gasteiger partial charge in [-0.05, 0) is 23.3 Å². The molecule has 1 spiro atoms. The van der Waals surface area contributed by atoms with Gasteiger partial charge in [-0.2, -0.15) is 0 Å². The molecule has 100 valence electrons. The molecule has 1 aromatic rings. The summed E-state index contributed by atoms with van der Waals surface area (Å²) >= 11 is 0. The molecule has 0 atom stereocenters. The van der Waals surface area contributed by atoms with Crippen LogP contribution in [0.5, 0.6) is 0 Å². The molecule has 7 heteroatoms. The van der Waals surface area contributed by atoms with Crippen LogP contribution in [0.2, 0.25) is 0 Å². The second kappa shape index (κ2) is 4.47. The number of rotatable bonds is 2. The first-order valence-corrected chi connectivity index (χ1v) is 6.43. The van der Waals surface area contributed by atoms with Gasteiger partial charge in [0.25, 0.3) is 0 Å². The highest BCUT2D eigenvalue weighted by Gasteiger charge is 2.41. The van der Waals surface area contributed by atoms with Crippen molar-refractivity contribution in [3.63, 3.8) is 0 Å². The van der Waals surface area contributed by atoms with E-state index in [9.17, 15) is 0 Å². The van der Waals surface area contributed by atoms with Crippen LogP contribution in [0.3, 0.4) is 0 Å². The molecule has 1 saturated heterocycles. The van der Waals surface area contributed by atoms with Crippen molar-refractivity contribution >= 4 is 5.95 Å². The van der Waals surface area contributed by atoms with Crippen molar-refractivity contribution in [2.24, 2.45) is 7.05 Å². The summed E-state index contributed by atoms with van der Waals surface area (Å²) in [6.07, 6.45) is 3.99. The van der Waals surface area contributed by atoms with E-state index in [2.05, 4.69) is 20.4 Å². The highest BCUT2D eigenvalue weighted by atomic mass is 16.7. The second-order valence-electron chi connectivity index (χ2n) is 5.05. The van der Waals surface area contributed by atoms with Gasteiger partial charge in [0.05, 0.1) is 13.2 Å². The quantitative estimate of drug-likeness (QED) is 0.757. The number of aromatic nitrogens is 4. The Morgan fingerprint density at radius 1 is 1.28 bits per heavy atom. The molecule has 1 aliphatic carbocycles. The Bertz CT molecular complexity index is 405. The molecule has 0 N–H and O–H groups in total. The summed E-state index contributed by atoms with van der Waals surface area (Å²) in [5.74, 6) is 0.513. The average Bonchev–Trinajstić information content (AvgIpc) is 2.99. The molecule has 18 heavy (non-hydrogen) atoms. The molecule has 3 rings (SSSR count). The van der Waals surface area contributed by atoms with Crippen LogP contribution in [0.25, 0.3) is 0 Å². The maximum atomic E-state index is 5.74. The van der Waals surface area contributed by atoms with Gasteiger partial charge in [-0.15, -0.1) is 0 Å². The van der Waals surface area contributed by atoms with Crippen molar-refractivity contribution in [1.82, 2.24) is 20.2 Å². The van der Waals surface area contributed by atoms with Crippen LogP contribution in [0.1, 0.15) is 25.7 Å². The van der Waals surface area contributed by atoms with Crippen molar-refractivity contribution in [3.8, 4) is 0 Å². The fraction of sp³-hybridized carbons (Fsp3) is 0.909. The minimum atomic E-state index is -0.296. The van der Waals surface area contributed by atoms with Crippen molar-refractivity contribution in [3.05, 3.63) is 0 Å². The van der Waals surface area contributed by atoms with E-state index in [-0.39, 0.29) is 5.79 Å². The average molecular weight is 253 g/mol. The molecule has 1 aliphatic heterocycles. The SMILES string of the molecule is CN(c1nnnn1C)C1CCC2(CC1)OCCO2. The van der Waals surface area contributed by atoms with Gasteiger partial charge in [-0.3, -0.25) is 0 Å². The van der Waals surface area contributed by atoms with Gasteiger partial charge in [-0.25, -0.2) is 4.68 Å². The molecule has 2 fully saturated rings. The predicted molar refractivity (Wildman–Crippen MR) is 64.1 cm³/mol. The number of hydrogen-bond donors (Lipinski definition) is 0. The predicted octanol–water partition coefficient (Wildman–Crippen LogP) is 0.332. The molecule has 2 aliphatic rings. The van der Waals surface area contributed by atoms with Crippen LogP contribution in [0.4, 0.5) is 5.95 Å². The van der Waals surface area contributed by atoms with E-state index < -0.39 is 0 Å². The zero-order valence-electron chi connectivity index (χ0n) is 10.9. The van der Waals surface area contributed by atoms with E-state index in [4.69, 9.17) is 9.47 Å². The smallest absolute Gasteiger partial charge is 0.245 e. The number of hydrogen-bond acceptors (Lipinski definition) is 6. The van der Waals surface area contributed by atoms with Gasteiger partial charge in [0, 0.05) is 33.0 Å². The fourth-order valence-electron chi connectivity index (χ4n) is 2.90. The van der Waals surface area contributed by atoms with Gasteiger partial charge in [-0.1, -0.05) is 5.10 Å². The van der Waals surface area contributed by atoms with Gasteiger partial charge in [0.2, 0.25) is 5.95 Å². The molecular weight excluding hydrogens is 234 g/mol.